The highest BCUT2D eigenvalue weighted by atomic mass is 35.5. The monoisotopic (exact) mass is 581 g/mol. The third-order valence-corrected chi connectivity index (χ3v) is 7.96. The number of nitrogens with one attached hydrogen (secondary N) is 1. The average Bonchev–Trinajstić information content (AvgIpc) is 2.90. The molecule has 0 bridgehead atoms. The molecule has 1 N–H and O–H groups in total. The van der Waals surface area contributed by atoms with Gasteiger partial charge >= 0.3 is 6.18 Å². The number of rotatable bonds is 10. The number of benzene rings is 3. The predicted molar refractivity (Wildman–Crippen MR) is 143 cm³/mol. The minimum absolute atomic E-state index is 0.0481. The lowest BCUT2D eigenvalue weighted by Gasteiger charge is -2.32. The quantitative estimate of drug-likeness (QED) is 0.361. The SMILES string of the molecule is CCNC(=O)C(C)N(Cc1ccccc1)C(=O)CN(c1cc(C(F)(F)F)ccc1Cl)S(=O)(=O)c1ccccc1. The fourth-order valence-corrected chi connectivity index (χ4v) is 5.51. The van der Waals surface area contributed by atoms with E-state index in [2.05, 4.69) is 5.32 Å². The van der Waals surface area contributed by atoms with Crippen molar-refractivity contribution in [3.8, 4) is 0 Å². The largest absolute Gasteiger partial charge is 0.416 e. The Balaban J connectivity index is 2.12. The van der Waals surface area contributed by atoms with Gasteiger partial charge in [-0.15, -0.1) is 0 Å². The minimum Gasteiger partial charge on any atom is -0.355 e. The summed E-state index contributed by atoms with van der Waals surface area (Å²) in [6, 6.07) is 16.9. The molecule has 7 nitrogen and oxygen atoms in total. The van der Waals surface area contributed by atoms with Crippen molar-refractivity contribution in [2.24, 2.45) is 0 Å². The molecule has 208 valence electrons. The summed E-state index contributed by atoms with van der Waals surface area (Å²) in [4.78, 5) is 27.3. The van der Waals surface area contributed by atoms with Gasteiger partial charge in [0.05, 0.1) is 21.2 Å². The van der Waals surface area contributed by atoms with E-state index in [0.717, 1.165) is 12.1 Å². The molecule has 0 aromatic heterocycles. The van der Waals surface area contributed by atoms with Crippen LogP contribution in [0.2, 0.25) is 5.02 Å². The molecule has 0 spiro atoms. The molecule has 39 heavy (non-hydrogen) atoms. The summed E-state index contributed by atoms with van der Waals surface area (Å²) < 4.78 is 68.6. The number of likely N-dealkylation sites (N-methyl/N-ethyl adjacent to an activating group) is 1. The Morgan fingerprint density at radius 2 is 1.56 bits per heavy atom. The van der Waals surface area contributed by atoms with Gasteiger partial charge in [0.1, 0.15) is 12.6 Å². The van der Waals surface area contributed by atoms with Crippen LogP contribution in [-0.4, -0.2) is 44.3 Å². The van der Waals surface area contributed by atoms with Gasteiger partial charge in [-0.3, -0.25) is 13.9 Å². The Kier molecular flexibility index (Phi) is 9.63. The maximum absolute atomic E-state index is 13.7. The molecule has 0 aliphatic rings. The van der Waals surface area contributed by atoms with Gasteiger partial charge in [-0.2, -0.15) is 13.2 Å². The van der Waals surface area contributed by atoms with Crippen molar-refractivity contribution >= 4 is 39.1 Å². The Labute approximate surface area is 230 Å². The molecule has 2 amide bonds. The van der Waals surface area contributed by atoms with Gasteiger partial charge < -0.3 is 10.2 Å². The zero-order valence-corrected chi connectivity index (χ0v) is 22.7. The lowest BCUT2D eigenvalue weighted by molar-refractivity contribution is -0.139. The highest BCUT2D eigenvalue weighted by Crippen LogP contribution is 2.37. The Morgan fingerprint density at radius 1 is 0.974 bits per heavy atom. The first-order valence-electron chi connectivity index (χ1n) is 11.9. The van der Waals surface area contributed by atoms with Crippen LogP contribution in [0.3, 0.4) is 0 Å². The number of carbonyl (C=O) groups is 2. The van der Waals surface area contributed by atoms with Crippen LogP contribution < -0.4 is 9.62 Å². The summed E-state index contributed by atoms with van der Waals surface area (Å²) in [6.07, 6.45) is -4.79. The average molecular weight is 582 g/mol. The zero-order chi connectivity index (χ0) is 28.8. The molecule has 3 aromatic carbocycles. The Hall–Kier alpha value is -3.57. The van der Waals surface area contributed by atoms with E-state index in [1.807, 2.05) is 0 Å². The fraction of sp³-hybridized carbons (Fsp3) is 0.259. The van der Waals surface area contributed by atoms with E-state index in [1.165, 1.54) is 36.1 Å². The van der Waals surface area contributed by atoms with Crippen molar-refractivity contribution in [2.45, 2.75) is 37.5 Å². The first kappa shape index (κ1) is 30.0. The summed E-state index contributed by atoms with van der Waals surface area (Å²) >= 11 is 6.22. The van der Waals surface area contributed by atoms with Crippen LogP contribution in [0.1, 0.15) is 25.0 Å². The second-order valence-electron chi connectivity index (χ2n) is 8.57. The smallest absolute Gasteiger partial charge is 0.355 e. The predicted octanol–water partition coefficient (Wildman–Crippen LogP) is 5.11. The second-order valence-corrected chi connectivity index (χ2v) is 10.8. The van der Waals surface area contributed by atoms with Gasteiger partial charge in [-0.25, -0.2) is 8.42 Å². The van der Waals surface area contributed by atoms with E-state index in [0.29, 0.717) is 22.5 Å². The third kappa shape index (κ3) is 7.30. The van der Waals surface area contributed by atoms with Crippen LogP contribution in [-0.2, 0) is 32.3 Å². The topological polar surface area (TPSA) is 86.8 Å². The second kappa shape index (κ2) is 12.5. The number of alkyl halides is 3. The van der Waals surface area contributed by atoms with Gasteiger partial charge in [0.2, 0.25) is 11.8 Å². The number of hydrogen-bond donors (Lipinski definition) is 1. The van der Waals surface area contributed by atoms with Crippen LogP contribution in [0.4, 0.5) is 18.9 Å². The molecule has 1 unspecified atom stereocenters. The Morgan fingerprint density at radius 3 is 2.13 bits per heavy atom. The van der Waals surface area contributed by atoms with Crippen LogP contribution in [0.15, 0.2) is 83.8 Å². The van der Waals surface area contributed by atoms with E-state index in [9.17, 15) is 31.2 Å². The Bertz CT molecular complexity index is 1400. The fourth-order valence-electron chi connectivity index (χ4n) is 3.80. The van der Waals surface area contributed by atoms with Gasteiger partial charge in [0.15, 0.2) is 0 Å². The van der Waals surface area contributed by atoms with Crippen molar-refractivity contribution < 1.29 is 31.2 Å². The first-order valence-corrected chi connectivity index (χ1v) is 13.7. The van der Waals surface area contributed by atoms with Crippen LogP contribution in [0.5, 0.6) is 0 Å². The number of carbonyl (C=O) groups excluding carboxylic acids is 2. The van der Waals surface area contributed by atoms with Crippen LogP contribution in [0.25, 0.3) is 0 Å². The number of anilines is 1. The molecular weight excluding hydrogens is 555 g/mol. The lowest BCUT2D eigenvalue weighted by atomic mass is 10.1. The summed E-state index contributed by atoms with van der Waals surface area (Å²) in [6.45, 7) is 2.53. The molecular formula is C27H27ClF3N3O4S. The maximum Gasteiger partial charge on any atom is 0.416 e. The van der Waals surface area contributed by atoms with Crippen molar-refractivity contribution in [3.63, 3.8) is 0 Å². The first-order chi connectivity index (χ1) is 18.4. The molecule has 0 radical (unpaired) electrons. The zero-order valence-electron chi connectivity index (χ0n) is 21.2. The van der Waals surface area contributed by atoms with Gasteiger partial charge in [-0.1, -0.05) is 60.1 Å². The van der Waals surface area contributed by atoms with E-state index < -0.39 is 51.9 Å². The normalized spacial score (nSPS) is 12.5. The van der Waals surface area contributed by atoms with E-state index >= 15 is 0 Å². The summed E-state index contributed by atoms with van der Waals surface area (Å²) in [7, 11) is -4.56. The van der Waals surface area contributed by atoms with Crippen molar-refractivity contribution in [3.05, 3.63) is 95.0 Å². The maximum atomic E-state index is 13.7. The van der Waals surface area contributed by atoms with Crippen molar-refractivity contribution in [1.82, 2.24) is 10.2 Å². The summed E-state index contributed by atoms with van der Waals surface area (Å²) in [5, 5.41) is 2.33. The van der Waals surface area contributed by atoms with E-state index in [-0.39, 0.29) is 16.5 Å². The molecule has 12 heteroatoms. The highest BCUT2D eigenvalue weighted by molar-refractivity contribution is 7.92. The molecule has 0 saturated heterocycles. The lowest BCUT2D eigenvalue weighted by Crippen LogP contribution is -2.51. The number of hydrogen-bond acceptors (Lipinski definition) is 4. The molecule has 3 rings (SSSR count). The van der Waals surface area contributed by atoms with E-state index in [4.69, 9.17) is 11.6 Å². The van der Waals surface area contributed by atoms with Gasteiger partial charge in [-0.05, 0) is 49.7 Å². The number of sulfonamides is 1. The highest BCUT2D eigenvalue weighted by Gasteiger charge is 2.36. The molecule has 3 aromatic rings. The molecule has 0 fully saturated rings. The number of nitrogens with zero attached hydrogens (tertiary/aromatic N) is 2. The molecule has 0 aliphatic heterocycles. The van der Waals surface area contributed by atoms with Gasteiger partial charge in [0.25, 0.3) is 10.0 Å². The van der Waals surface area contributed by atoms with Gasteiger partial charge in [0, 0.05) is 13.1 Å². The van der Waals surface area contributed by atoms with E-state index in [1.54, 1.807) is 43.3 Å². The molecule has 0 heterocycles. The summed E-state index contributed by atoms with van der Waals surface area (Å²) in [5.41, 5.74) is -0.995. The van der Waals surface area contributed by atoms with Crippen molar-refractivity contribution in [2.75, 3.05) is 17.4 Å². The number of halogens is 4. The number of amides is 2. The summed E-state index contributed by atoms with van der Waals surface area (Å²) in [5.74, 6) is -1.29. The van der Waals surface area contributed by atoms with Crippen LogP contribution >= 0.6 is 11.6 Å². The molecule has 0 aliphatic carbocycles. The van der Waals surface area contributed by atoms with Crippen molar-refractivity contribution in [1.29, 1.82) is 0 Å². The molecule has 1 atom stereocenters. The molecule has 0 saturated carbocycles. The van der Waals surface area contributed by atoms with Crippen LogP contribution in [0, 0.1) is 0 Å². The third-order valence-electron chi connectivity index (χ3n) is 5.87. The standard InChI is InChI=1S/C27H27ClF3N3O4S/c1-3-32-26(36)19(2)33(17-20-10-6-4-7-11-20)25(35)18-34(39(37,38)22-12-8-5-9-13-22)24-16-21(27(29,30)31)14-15-23(24)28/h4-16,19H,3,17-18H2,1-2H3,(H,32,36). The minimum atomic E-state index is -4.79.